The first kappa shape index (κ1) is 23.2. The fourth-order valence-corrected chi connectivity index (χ4v) is 5.98. The van der Waals surface area contributed by atoms with Crippen LogP contribution in [0, 0.1) is 0 Å². The molecule has 0 aliphatic carbocycles. The Bertz CT molecular complexity index is 1150. The topological polar surface area (TPSA) is 44.1 Å². The minimum Gasteiger partial charge on any atom is -0.320 e. The summed E-state index contributed by atoms with van der Waals surface area (Å²) in [5, 5.41) is 0.725. The number of carbonyl (C=O) groups excluding carboxylic acids is 1. The molecule has 0 spiro atoms. The van der Waals surface area contributed by atoms with E-state index in [1.54, 1.807) is 0 Å². The average molecular weight is 480 g/mol. The van der Waals surface area contributed by atoms with Gasteiger partial charge in [-0.05, 0) is 64.8 Å². The van der Waals surface area contributed by atoms with Gasteiger partial charge in [-0.15, -0.1) is 0 Å². The molecule has 0 radical (unpaired) electrons. The zero-order valence-corrected chi connectivity index (χ0v) is 21.2. The SMILES string of the molecule is CC(C)N(C(=O)N1C2CCC1CN(Cc1c(-c3ccc(Cl)cc3)nc3ccccn13)C2)C(C)C. The number of rotatable bonds is 5. The maximum atomic E-state index is 13.5. The van der Waals surface area contributed by atoms with Crippen molar-refractivity contribution in [3.8, 4) is 11.3 Å². The second-order valence-corrected chi connectivity index (χ2v) is 10.6. The molecule has 2 aromatic heterocycles. The van der Waals surface area contributed by atoms with E-state index in [1.165, 1.54) is 5.69 Å². The summed E-state index contributed by atoms with van der Waals surface area (Å²) in [5.74, 6) is 0. The van der Waals surface area contributed by atoms with Crippen molar-refractivity contribution in [1.82, 2.24) is 24.1 Å². The Kier molecular flexibility index (Phi) is 6.30. The Labute approximate surface area is 207 Å². The van der Waals surface area contributed by atoms with Gasteiger partial charge in [-0.1, -0.05) is 29.8 Å². The molecule has 2 bridgehead atoms. The zero-order chi connectivity index (χ0) is 24.0. The van der Waals surface area contributed by atoms with Crippen LogP contribution in [0.4, 0.5) is 4.79 Å². The predicted octanol–water partition coefficient (Wildman–Crippen LogP) is 5.54. The number of fused-ring (bicyclic) bond motifs is 3. The summed E-state index contributed by atoms with van der Waals surface area (Å²) in [7, 11) is 0. The van der Waals surface area contributed by atoms with Crippen LogP contribution in [0.2, 0.25) is 5.02 Å². The maximum Gasteiger partial charge on any atom is 0.321 e. The van der Waals surface area contributed by atoms with Crippen molar-refractivity contribution in [1.29, 1.82) is 0 Å². The van der Waals surface area contributed by atoms with Crippen LogP contribution in [0.5, 0.6) is 0 Å². The fraction of sp³-hybridized carbons (Fsp3) is 0.481. The Morgan fingerprint density at radius 3 is 2.29 bits per heavy atom. The highest BCUT2D eigenvalue weighted by Crippen LogP contribution is 2.34. The van der Waals surface area contributed by atoms with Gasteiger partial charge in [-0.2, -0.15) is 0 Å². The minimum atomic E-state index is 0.199. The average Bonchev–Trinajstić information content (AvgIpc) is 3.28. The third kappa shape index (κ3) is 4.18. The van der Waals surface area contributed by atoms with Gasteiger partial charge in [0.2, 0.25) is 0 Å². The third-order valence-electron chi connectivity index (χ3n) is 7.23. The summed E-state index contributed by atoms with van der Waals surface area (Å²) in [6.07, 6.45) is 4.25. The molecule has 2 fully saturated rings. The monoisotopic (exact) mass is 479 g/mol. The molecule has 7 heteroatoms. The Morgan fingerprint density at radius 2 is 1.68 bits per heavy atom. The molecular weight excluding hydrogens is 446 g/mol. The van der Waals surface area contributed by atoms with Crippen LogP contribution in [0.25, 0.3) is 16.9 Å². The van der Waals surface area contributed by atoms with E-state index in [0.29, 0.717) is 0 Å². The Hall–Kier alpha value is -2.57. The standard InChI is InChI=1S/C27H34ClN5O/c1-18(2)32(19(3)4)27(34)33-22-12-13-23(33)16-30(15-22)17-24-26(20-8-10-21(28)11-9-20)29-25-7-5-6-14-31(24)25/h5-11,14,18-19,22-23H,12-13,15-17H2,1-4H3. The van der Waals surface area contributed by atoms with Crippen molar-refractivity contribution in [2.45, 2.75) is 71.2 Å². The van der Waals surface area contributed by atoms with Crippen molar-refractivity contribution in [3.63, 3.8) is 0 Å². The van der Waals surface area contributed by atoms with E-state index >= 15 is 0 Å². The molecule has 2 aliphatic rings. The van der Waals surface area contributed by atoms with Crippen molar-refractivity contribution in [2.75, 3.05) is 13.1 Å². The number of nitrogens with zero attached hydrogens (tertiary/aromatic N) is 5. The summed E-state index contributed by atoms with van der Waals surface area (Å²) in [6.45, 7) is 11.0. The number of hydrogen-bond acceptors (Lipinski definition) is 3. The lowest BCUT2D eigenvalue weighted by Crippen LogP contribution is -2.60. The van der Waals surface area contributed by atoms with Gasteiger partial charge in [0, 0.05) is 60.6 Å². The van der Waals surface area contributed by atoms with Gasteiger partial charge < -0.3 is 14.2 Å². The molecule has 0 saturated carbocycles. The van der Waals surface area contributed by atoms with Crippen molar-refractivity contribution in [3.05, 3.63) is 59.4 Å². The number of halogens is 1. The molecule has 2 amide bonds. The van der Waals surface area contributed by atoms with E-state index in [9.17, 15) is 4.79 Å². The molecule has 2 saturated heterocycles. The number of aromatic nitrogens is 2. The summed E-state index contributed by atoms with van der Waals surface area (Å²) >= 11 is 6.14. The number of likely N-dealkylation sites (tertiary alicyclic amines) is 1. The Balaban J connectivity index is 1.41. The summed E-state index contributed by atoms with van der Waals surface area (Å²) < 4.78 is 2.20. The van der Waals surface area contributed by atoms with E-state index in [2.05, 4.69) is 60.2 Å². The van der Waals surface area contributed by atoms with E-state index < -0.39 is 0 Å². The molecule has 2 aliphatic heterocycles. The van der Waals surface area contributed by atoms with Gasteiger partial charge in [0.15, 0.2) is 0 Å². The number of benzene rings is 1. The quantitative estimate of drug-likeness (QED) is 0.482. The highest BCUT2D eigenvalue weighted by molar-refractivity contribution is 6.30. The smallest absolute Gasteiger partial charge is 0.320 e. The summed E-state index contributed by atoms with van der Waals surface area (Å²) in [6, 6.07) is 15.2. The summed E-state index contributed by atoms with van der Waals surface area (Å²) in [5.41, 5.74) is 4.20. The summed E-state index contributed by atoms with van der Waals surface area (Å²) in [4.78, 5) is 25.2. The number of piperazine rings is 1. The number of hydrogen-bond donors (Lipinski definition) is 0. The van der Waals surface area contributed by atoms with Crippen LogP contribution in [-0.2, 0) is 6.54 Å². The molecule has 180 valence electrons. The van der Waals surface area contributed by atoms with Gasteiger partial charge >= 0.3 is 6.03 Å². The van der Waals surface area contributed by atoms with E-state index in [-0.39, 0.29) is 30.2 Å². The third-order valence-corrected chi connectivity index (χ3v) is 7.48. The number of amides is 2. The lowest BCUT2D eigenvalue weighted by Gasteiger charge is -2.45. The van der Waals surface area contributed by atoms with Crippen molar-refractivity contribution >= 4 is 23.3 Å². The van der Waals surface area contributed by atoms with Crippen LogP contribution < -0.4 is 0 Å². The molecule has 6 nitrogen and oxygen atoms in total. The molecule has 1 aromatic carbocycles. The molecule has 2 unspecified atom stereocenters. The maximum absolute atomic E-state index is 13.5. The van der Waals surface area contributed by atoms with Gasteiger partial charge in [0.1, 0.15) is 5.65 Å². The molecule has 5 rings (SSSR count). The zero-order valence-electron chi connectivity index (χ0n) is 20.5. The van der Waals surface area contributed by atoms with E-state index in [4.69, 9.17) is 16.6 Å². The number of pyridine rings is 1. The first-order valence-electron chi connectivity index (χ1n) is 12.4. The Morgan fingerprint density at radius 1 is 1.03 bits per heavy atom. The lowest BCUT2D eigenvalue weighted by atomic mass is 10.1. The molecule has 34 heavy (non-hydrogen) atoms. The normalized spacial score (nSPS) is 20.6. The van der Waals surface area contributed by atoms with Crippen LogP contribution >= 0.6 is 11.6 Å². The van der Waals surface area contributed by atoms with Gasteiger partial charge in [-0.25, -0.2) is 9.78 Å². The molecule has 4 heterocycles. The first-order chi connectivity index (χ1) is 16.3. The highest BCUT2D eigenvalue weighted by atomic mass is 35.5. The second kappa shape index (κ2) is 9.23. The molecule has 3 aromatic rings. The van der Waals surface area contributed by atoms with Crippen LogP contribution in [0.15, 0.2) is 48.7 Å². The van der Waals surface area contributed by atoms with E-state index in [1.807, 2.05) is 35.2 Å². The number of urea groups is 1. The van der Waals surface area contributed by atoms with Crippen LogP contribution in [0.1, 0.15) is 46.2 Å². The van der Waals surface area contributed by atoms with Crippen LogP contribution in [0.3, 0.4) is 0 Å². The second-order valence-electron chi connectivity index (χ2n) is 10.2. The minimum absolute atomic E-state index is 0.199. The fourth-order valence-electron chi connectivity index (χ4n) is 5.85. The van der Waals surface area contributed by atoms with Crippen LogP contribution in [-0.4, -0.2) is 67.4 Å². The van der Waals surface area contributed by atoms with Gasteiger partial charge in [-0.3, -0.25) is 4.90 Å². The number of imidazole rings is 1. The largest absolute Gasteiger partial charge is 0.321 e. The molecular formula is C27H34ClN5O. The predicted molar refractivity (Wildman–Crippen MR) is 137 cm³/mol. The van der Waals surface area contributed by atoms with Crippen molar-refractivity contribution < 1.29 is 4.79 Å². The van der Waals surface area contributed by atoms with Gasteiger partial charge in [0.25, 0.3) is 0 Å². The van der Waals surface area contributed by atoms with Gasteiger partial charge in [0.05, 0.1) is 11.4 Å². The molecule has 2 atom stereocenters. The highest BCUT2D eigenvalue weighted by Gasteiger charge is 2.44. The number of carbonyl (C=O) groups is 1. The lowest BCUT2D eigenvalue weighted by molar-refractivity contribution is 0.0539. The first-order valence-corrected chi connectivity index (χ1v) is 12.8. The van der Waals surface area contributed by atoms with E-state index in [0.717, 1.165) is 54.4 Å². The molecule has 0 N–H and O–H groups in total. The van der Waals surface area contributed by atoms with Crippen molar-refractivity contribution in [2.24, 2.45) is 0 Å².